The summed E-state index contributed by atoms with van der Waals surface area (Å²) >= 11 is 0. The summed E-state index contributed by atoms with van der Waals surface area (Å²) in [4.78, 5) is 4.16. The molecule has 0 aromatic heterocycles. The van der Waals surface area contributed by atoms with Gasteiger partial charge in [-0.1, -0.05) is 0 Å². The highest BCUT2D eigenvalue weighted by molar-refractivity contribution is 5.53. The van der Waals surface area contributed by atoms with E-state index in [0.29, 0.717) is 0 Å². The Morgan fingerprint density at radius 1 is 1.12 bits per heavy atom. The Morgan fingerprint density at radius 3 is 2.19 bits per heavy atom. The molecule has 16 heavy (non-hydrogen) atoms. The summed E-state index contributed by atoms with van der Waals surface area (Å²) in [5.74, 6) is 0. The van der Waals surface area contributed by atoms with Crippen molar-refractivity contribution in [1.29, 1.82) is 0 Å². The second kappa shape index (κ2) is 4.74. The van der Waals surface area contributed by atoms with E-state index in [-0.39, 0.29) is 0 Å². The van der Waals surface area contributed by atoms with Crippen LogP contribution >= 0.6 is 0 Å². The molecule has 0 atom stereocenters. The third-order valence-electron chi connectivity index (χ3n) is 3.48. The summed E-state index contributed by atoms with van der Waals surface area (Å²) in [7, 11) is 0. The van der Waals surface area contributed by atoms with Crippen LogP contribution in [0.1, 0.15) is 13.8 Å². The van der Waals surface area contributed by atoms with E-state index in [2.05, 4.69) is 30.9 Å². The van der Waals surface area contributed by atoms with E-state index >= 15 is 0 Å². The molecule has 0 unspecified atom stereocenters. The molecule has 3 heteroatoms. The van der Waals surface area contributed by atoms with E-state index in [1.807, 2.05) is 12.1 Å². The molecule has 1 aliphatic heterocycles. The highest BCUT2D eigenvalue weighted by atomic mass is 15.3. The van der Waals surface area contributed by atoms with E-state index in [1.54, 1.807) is 4.90 Å². The SMILES string of the molecule is CC(C)[NH+]1CCN(c2ccc(N)cc2)CC1. The fraction of sp³-hybridized carbons (Fsp3) is 0.538. The molecule has 0 spiro atoms. The molecule has 0 saturated carbocycles. The Labute approximate surface area is 97.8 Å². The van der Waals surface area contributed by atoms with Crippen molar-refractivity contribution in [1.82, 2.24) is 0 Å². The summed E-state index contributed by atoms with van der Waals surface area (Å²) in [6.45, 7) is 9.38. The van der Waals surface area contributed by atoms with E-state index in [4.69, 9.17) is 5.73 Å². The second-order valence-electron chi connectivity index (χ2n) is 4.89. The van der Waals surface area contributed by atoms with E-state index in [1.165, 1.54) is 18.8 Å². The lowest BCUT2D eigenvalue weighted by atomic mass is 10.2. The number of piperazine rings is 1. The van der Waals surface area contributed by atoms with Crippen LogP contribution in [0.15, 0.2) is 24.3 Å². The van der Waals surface area contributed by atoms with Gasteiger partial charge < -0.3 is 15.5 Å². The molecule has 1 aliphatic rings. The molecule has 1 aromatic carbocycles. The molecule has 1 heterocycles. The lowest BCUT2D eigenvalue weighted by Gasteiger charge is -2.35. The largest absolute Gasteiger partial charge is 0.399 e. The number of benzene rings is 1. The fourth-order valence-corrected chi connectivity index (χ4v) is 2.31. The van der Waals surface area contributed by atoms with Crippen molar-refractivity contribution in [3.63, 3.8) is 0 Å². The lowest BCUT2D eigenvalue weighted by molar-refractivity contribution is -0.921. The molecule has 0 aliphatic carbocycles. The van der Waals surface area contributed by atoms with Gasteiger partial charge in [-0.3, -0.25) is 0 Å². The minimum atomic E-state index is 0.744. The summed E-state index contributed by atoms with van der Waals surface area (Å²) in [5.41, 5.74) is 7.84. The van der Waals surface area contributed by atoms with Crippen LogP contribution in [0, 0.1) is 0 Å². The first-order valence-electron chi connectivity index (χ1n) is 6.12. The van der Waals surface area contributed by atoms with Crippen molar-refractivity contribution in [2.45, 2.75) is 19.9 Å². The Balaban J connectivity index is 1.96. The zero-order valence-corrected chi connectivity index (χ0v) is 10.2. The minimum Gasteiger partial charge on any atom is -0.399 e. The highest BCUT2D eigenvalue weighted by Crippen LogP contribution is 2.15. The molecule has 3 N–H and O–H groups in total. The van der Waals surface area contributed by atoms with Crippen LogP contribution in [0.4, 0.5) is 11.4 Å². The summed E-state index contributed by atoms with van der Waals surface area (Å²) < 4.78 is 0. The third-order valence-corrected chi connectivity index (χ3v) is 3.48. The Kier molecular flexibility index (Phi) is 3.34. The van der Waals surface area contributed by atoms with Crippen molar-refractivity contribution in [2.24, 2.45) is 0 Å². The normalized spacial score (nSPS) is 18.1. The van der Waals surface area contributed by atoms with Gasteiger partial charge in [0.2, 0.25) is 0 Å². The first kappa shape index (κ1) is 11.3. The molecule has 1 saturated heterocycles. The lowest BCUT2D eigenvalue weighted by Crippen LogP contribution is -3.17. The van der Waals surface area contributed by atoms with E-state index in [0.717, 1.165) is 24.8 Å². The molecule has 3 nitrogen and oxygen atoms in total. The molecular weight excluding hydrogens is 198 g/mol. The van der Waals surface area contributed by atoms with Crippen molar-refractivity contribution >= 4 is 11.4 Å². The molecule has 0 bridgehead atoms. The predicted molar refractivity (Wildman–Crippen MR) is 68.9 cm³/mol. The Morgan fingerprint density at radius 2 is 1.69 bits per heavy atom. The second-order valence-corrected chi connectivity index (χ2v) is 4.89. The maximum atomic E-state index is 5.70. The average molecular weight is 220 g/mol. The number of hydrogen-bond acceptors (Lipinski definition) is 2. The van der Waals surface area contributed by atoms with Crippen molar-refractivity contribution in [3.05, 3.63) is 24.3 Å². The molecular formula is C13H22N3+. The van der Waals surface area contributed by atoms with Gasteiger partial charge in [0.15, 0.2) is 0 Å². The average Bonchev–Trinajstić information content (AvgIpc) is 2.30. The number of nitrogens with zero attached hydrogens (tertiary/aromatic N) is 1. The predicted octanol–water partition coefficient (Wildman–Crippen LogP) is 0.382. The number of hydrogen-bond donors (Lipinski definition) is 2. The van der Waals surface area contributed by atoms with Crippen LogP contribution in [0.5, 0.6) is 0 Å². The van der Waals surface area contributed by atoms with Crippen molar-refractivity contribution in [3.8, 4) is 0 Å². The first-order valence-corrected chi connectivity index (χ1v) is 6.12. The van der Waals surface area contributed by atoms with Gasteiger partial charge in [-0.25, -0.2) is 0 Å². The van der Waals surface area contributed by atoms with Gasteiger partial charge in [0.05, 0.1) is 32.2 Å². The van der Waals surface area contributed by atoms with Crippen molar-refractivity contribution < 1.29 is 4.90 Å². The van der Waals surface area contributed by atoms with Gasteiger partial charge in [-0.2, -0.15) is 0 Å². The number of nitrogen functional groups attached to an aromatic ring is 1. The van der Waals surface area contributed by atoms with Crippen molar-refractivity contribution in [2.75, 3.05) is 36.8 Å². The zero-order chi connectivity index (χ0) is 11.5. The Bertz CT molecular complexity index is 324. The number of nitrogens with one attached hydrogen (secondary N) is 1. The molecule has 1 aromatic rings. The standard InChI is InChI=1S/C13H21N3/c1-11(2)15-7-9-16(10-8-15)13-5-3-12(14)4-6-13/h3-6,11H,7-10,14H2,1-2H3/p+1. The van der Waals surface area contributed by atoms with Gasteiger partial charge >= 0.3 is 0 Å². The number of anilines is 2. The number of quaternary nitrogens is 1. The minimum absolute atomic E-state index is 0.744. The van der Waals surface area contributed by atoms with Crippen LogP contribution < -0.4 is 15.5 Å². The zero-order valence-electron chi connectivity index (χ0n) is 10.2. The third kappa shape index (κ3) is 2.47. The monoisotopic (exact) mass is 220 g/mol. The maximum absolute atomic E-state index is 5.70. The van der Waals surface area contributed by atoms with Crippen LogP contribution in [-0.4, -0.2) is 32.2 Å². The van der Waals surface area contributed by atoms with E-state index < -0.39 is 0 Å². The van der Waals surface area contributed by atoms with Gasteiger partial charge in [0, 0.05) is 11.4 Å². The first-order chi connectivity index (χ1) is 7.66. The van der Waals surface area contributed by atoms with Crippen LogP contribution in [0.2, 0.25) is 0 Å². The smallest absolute Gasteiger partial charge is 0.0951 e. The van der Waals surface area contributed by atoms with Crippen LogP contribution in [-0.2, 0) is 0 Å². The van der Waals surface area contributed by atoms with Gasteiger partial charge in [-0.05, 0) is 38.1 Å². The van der Waals surface area contributed by atoms with Gasteiger partial charge in [-0.15, -0.1) is 0 Å². The quantitative estimate of drug-likeness (QED) is 0.707. The number of rotatable bonds is 2. The van der Waals surface area contributed by atoms with Gasteiger partial charge in [0.1, 0.15) is 0 Å². The highest BCUT2D eigenvalue weighted by Gasteiger charge is 2.21. The maximum Gasteiger partial charge on any atom is 0.0951 e. The summed E-state index contributed by atoms with van der Waals surface area (Å²) in [6.07, 6.45) is 0. The molecule has 0 amide bonds. The number of nitrogens with two attached hydrogens (primary N) is 1. The molecule has 2 rings (SSSR count). The molecule has 0 radical (unpaired) electrons. The topological polar surface area (TPSA) is 33.7 Å². The van der Waals surface area contributed by atoms with Crippen LogP contribution in [0.25, 0.3) is 0 Å². The van der Waals surface area contributed by atoms with Gasteiger partial charge in [0.25, 0.3) is 0 Å². The Hall–Kier alpha value is -1.22. The van der Waals surface area contributed by atoms with E-state index in [9.17, 15) is 0 Å². The fourth-order valence-electron chi connectivity index (χ4n) is 2.31. The van der Waals surface area contributed by atoms with Crippen LogP contribution in [0.3, 0.4) is 0 Å². The summed E-state index contributed by atoms with van der Waals surface area (Å²) in [6, 6.07) is 8.95. The molecule has 1 fully saturated rings. The molecule has 88 valence electrons. The summed E-state index contributed by atoms with van der Waals surface area (Å²) in [5, 5.41) is 0.